The lowest BCUT2D eigenvalue weighted by Crippen LogP contribution is -2.54. The van der Waals surface area contributed by atoms with Crippen molar-refractivity contribution in [3.05, 3.63) is 119 Å². The lowest BCUT2D eigenvalue weighted by Gasteiger charge is -2.28. The van der Waals surface area contributed by atoms with E-state index in [-0.39, 0.29) is 54.9 Å². The summed E-state index contributed by atoms with van der Waals surface area (Å²) in [6, 6.07) is 23.5. The normalized spacial score (nSPS) is 17.4. The number of hydrogen-bond acceptors (Lipinski definition) is 7. The Labute approximate surface area is 306 Å². The fourth-order valence-corrected chi connectivity index (χ4v) is 5.68. The van der Waals surface area contributed by atoms with Crippen molar-refractivity contribution in [3.63, 3.8) is 0 Å². The molecule has 1 heterocycles. The van der Waals surface area contributed by atoms with Gasteiger partial charge in [0.2, 0.25) is 17.7 Å². The lowest BCUT2D eigenvalue weighted by molar-refractivity contribution is -0.137. The third kappa shape index (κ3) is 10.2. The largest absolute Gasteiger partial charge is 0.491 e. The Kier molecular flexibility index (Phi) is 13.1. The second-order valence-electron chi connectivity index (χ2n) is 12.1. The van der Waals surface area contributed by atoms with Crippen molar-refractivity contribution in [3.8, 4) is 23.0 Å². The van der Waals surface area contributed by atoms with Gasteiger partial charge < -0.3 is 35.1 Å². The first-order valence-electron chi connectivity index (χ1n) is 16.9. The SMILES string of the molecule is CCN1CCOc2ccccc2C(=O)N[C@H](C(=O)N[C@H](C)COc2c(F)cccc2Oc2ccc(Cl)cc2)CC(=O)N[C@@H](Cc2ccccc2)C1=O. The van der Waals surface area contributed by atoms with Crippen LogP contribution >= 0.6 is 11.6 Å². The zero-order valence-electron chi connectivity index (χ0n) is 28.8. The molecule has 3 N–H and O–H groups in total. The maximum atomic E-state index is 14.9. The monoisotopic (exact) mass is 730 g/mol. The van der Waals surface area contributed by atoms with Gasteiger partial charge in [0, 0.05) is 18.0 Å². The zero-order valence-corrected chi connectivity index (χ0v) is 29.5. The van der Waals surface area contributed by atoms with Crippen LogP contribution in [0.2, 0.25) is 5.02 Å². The average molecular weight is 731 g/mol. The molecule has 0 radical (unpaired) electrons. The highest BCUT2D eigenvalue weighted by atomic mass is 35.5. The number of para-hydroxylation sites is 2. The predicted octanol–water partition coefficient (Wildman–Crippen LogP) is 5.31. The number of carbonyl (C=O) groups is 4. The first-order valence-corrected chi connectivity index (χ1v) is 17.3. The van der Waals surface area contributed by atoms with Crippen LogP contribution in [0, 0.1) is 5.82 Å². The first-order chi connectivity index (χ1) is 25.1. The van der Waals surface area contributed by atoms with Gasteiger partial charge in [-0.3, -0.25) is 19.2 Å². The van der Waals surface area contributed by atoms with Crippen LogP contribution < -0.4 is 30.2 Å². The van der Waals surface area contributed by atoms with E-state index in [9.17, 15) is 23.6 Å². The number of nitrogens with zero attached hydrogens (tertiary/aromatic N) is 1. The van der Waals surface area contributed by atoms with Crippen LogP contribution in [0.25, 0.3) is 0 Å². The molecule has 0 saturated carbocycles. The van der Waals surface area contributed by atoms with E-state index in [1.165, 1.54) is 18.2 Å². The van der Waals surface area contributed by atoms with E-state index in [1.807, 2.05) is 37.3 Å². The molecular weight excluding hydrogens is 691 g/mol. The standard InChI is InChI=1S/C39H40ClFN4O7/c1-3-45-20-21-50-33-14-8-7-12-29(33)37(47)44-31(23-35(46)43-32(39(45)49)22-26-10-5-4-6-11-26)38(48)42-25(2)24-51-36-30(41)13-9-15-34(36)52-28-18-16-27(40)17-19-28/h4-19,25,31-32H,3,20-24H2,1-2H3,(H,42,48)(H,43,46)(H,44,47)/t25-,31+,32+/m1/s1. The molecule has 0 spiro atoms. The van der Waals surface area contributed by atoms with Gasteiger partial charge in [0.25, 0.3) is 5.91 Å². The summed E-state index contributed by atoms with van der Waals surface area (Å²) in [5, 5.41) is 8.72. The molecule has 0 fully saturated rings. The molecule has 4 aromatic rings. The number of carbonyl (C=O) groups excluding carboxylic acids is 4. The molecule has 0 saturated heterocycles. The summed E-state index contributed by atoms with van der Waals surface area (Å²) in [5.74, 6) is -2.33. The molecule has 5 rings (SSSR count). The molecule has 272 valence electrons. The molecule has 1 aliphatic heterocycles. The Balaban J connectivity index is 1.34. The topological polar surface area (TPSA) is 135 Å². The van der Waals surface area contributed by atoms with Gasteiger partial charge in [-0.15, -0.1) is 0 Å². The summed E-state index contributed by atoms with van der Waals surface area (Å²) >= 11 is 5.96. The van der Waals surface area contributed by atoms with Crippen molar-refractivity contribution >= 4 is 35.2 Å². The highest BCUT2D eigenvalue weighted by Crippen LogP contribution is 2.34. The number of halogens is 2. The average Bonchev–Trinajstić information content (AvgIpc) is 3.13. The Morgan fingerprint density at radius 1 is 0.981 bits per heavy atom. The highest BCUT2D eigenvalue weighted by molar-refractivity contribution is 6.30. The van der Waals surface area contributed by atoms with Crippen molar-refractivity contribution in [2.45, 2.75) is 44.8 Å². The van der Waals surface area contributed by atoms with Crippen LogP contribution in [0.1, 0.15) is 36.2 Å². The Bertz CT molecular complexity index is 1860. The Morgan fingerprint density at radius 3 is 2.46 bits per heavy atom. The summed E-state index contributed by atoms with van der Waals surface area (Å²) in [5.41, 5.74) is 0.981. The second kappa shape index (κ2) is 18.0. The molecular formula is C39H40ClFN4O7. The number of amides is 4. The number of hydrogen-bond donors (Lipinski definition) is 3. The minimum Gasteiger partial charge on any atom is -0.491 e. The molecule has 0 unspecified atom stereocenters. The van der Waals surface area contributed by atoms with Gasteiger partial charge in [0.1, 0.15) is 36.8 Å². The van der Waals surface area contributed by atoms with E-state index in [1.54, 1.807) is 60.4 Å². The highest BCUT2D eigenvalue weighted by Gasteiger charge is 2.31. The summed E-state index contributed by atoms with van der Waals surface area (Å²) in [7, 11) is 0. The minimum absolute atomic E-state index is 0.0891. The summed E-state index contributed by atoms with van der Waals surface area (Å²) in [4.78, 5) is 56.2. The maximum absolute atomic E-state index is 14.9. The number of nitrogens with one attached hydrogen (secondary N) is 3. The predicted molar refractivity (Wildman–Crippen MR) is 193 cm³/mol. The zero-order chi connectivity index (χ0) is 37.0. The fourth-order valence-electron chi connectivity index (χ4n) is 5.56. The Morgan fingerprint density at radius 2 is 1.71 bits per heavy atom. The fraction of sp³-hybridized carbons (Fsp3) is 0.282. The third-order valence-corrected chi connectivity index (χ3v) is 8.46. The van der Waals surface area contributed by atoms with Gasteiger partial charge in [-0.05, 0) is 67.9 Å². The van der Waals surface area contributed by atoms with E-state index in [0.717, 1.165) is 5.56 Å². The molecule has 13 heteroatoms. The second-order valence-corrected chi connectivity index (χ2v) is 12.6. The van der Waals surface area contributed by atoms with E-state index >= 15 is 0 Å². The van der Waals surface area contributed by atoms with Crippen molar-refractivity contribution < 1.29 is 37.8 Å². The molecule has 0 aromatic heterocycles. The number of benzene rings is 4. The molecule has 4 amide bonds. The molecule has 11 nitrogen and oxygen atoms in total. The summed E-state index contributed by atoms with van der Waals surface area (Å²) in [6.45, 7) is 3.94. The van der Waals surface area contributed by atoms with E-state index < -0.39 is 48.1 Å². The molecule has 0 bridgehead atoms. The molecule has 0 aliphatic carbocycles. The minimum atomic E-state index is -1.36. The summed E-state index contributed by atoms with van der Waals surface area (Å²) < 4.78 is 32.4. The van der Waals surface area contributed by atoms with Gasteiger partial charge in [-0.2, -0.15) is 0 Å². The number of rotatable bonds is 10. The lowest BCUT2D eigenvalue weighted by atomic mass is 10.0. The van der Waals surface area contributed by atoms with E-state index in [2.05, 4.69) is 16.0 Å². The van der Waals surface area contributed by atoms with Crippen LogP contribution in [0.15, 0.2) is 97.1 Å². The molecule has 4 aromatic carbocycles. The maximum Gasteiger partial charge on any atom is 0.255 e. The van der Waals surface area contributed by atoms with Gasteiger partial charge >= 0.3 is 0 Å². The van der Waals surface area contributed by atoms with Crippen LogP contribution in [0.4, 0.5) is 4.39 Å². The smallest absolute Gasteiger partial charge is 0.255 e. The number of ether oxygens (including phenoxy) is 3. The van der Waals surface area contributed by atoms with Crippen LogP contribution in [0.5, 0.6) is 23.0 Å². The van der Waals surface area contributed by atoms with Gasteiger partial charge in [-0.1, -0.05) is 60.1 Å². The quantitative estimate of drug-likeness (QED) is 0.201. The van der Waals surface area contributed by atoms with E-state index in [0.29, 0.717) is 17.3 Å². The van der Waals surface area contributed by atoms with Crippen LogP contribution in [0.3, 0.4) is 0 Å². The molecule has 3 atom stereocenters. The van der Waals surface area contributed by atoms with Crippen molar-refractivity contribution in [2.75, 3.05) is 26.3 Å². The third-order valence-electron chi connectivity index (χ3n) is 8.21. The van der Waals surface area contributed by atoms with Gasteiger partial charge in [0.05, 0.1) is 24.6 Å². The van der Waals surface area contributed by atoms with Crippen molar-refractivity contribution in [1.82, 2.24) is 20.9 Å². The number of fused-ring (bicyclic) bond motifs is 1. The first kappa shape index (κ1) is 37.6. The van der Waals surface area contributed by atoms with Crippen LogP contribution in [-0.4, -0.2) is 73.0 Å². The molecule has 52 heavy (non-hydrogen) atoms. The van der Waals surface area contributed by atoms with Crippen molar-refractivity contribution in [2.24, 2.45) is 0 Å². The molecule has 1 aliphatic rings. The van der Waals surface area contributed by atoms with Gasteiger partial charge in [0.15, 0.2) is 17.3 Å². The van der Waals surface area contributed by atoms with E-state index in [4.69, 9.17) is 25.8 Å². The Hall–Kier alpha value is -5.62. The van der Waals surface area contributed by atoms with Gasteiger partial charge in [-0.25, -0.2) is 4.39 Å². The number of likely N-dealkylation sites (N-methyl/N-ethyl adjacent to an activating group) is 1. The summed E-state index contributed by atoms with van der Waals surface area (Å²) in [6.07, 6.45) is -0.270. The van der Waals surface area contributed by atoms with Crippen molar-refractivity contribution in [1.29, 1.82) is 0 Å². The van der Waals surface area contributed by atoms with Crippen LogP contribution in [-0.2, 0) is 20.8 Å².